The zero-order valence-electron chi connectivity index (χ0n) is 12.8. The van der Waals surface area contributed by atoms with Crippen LogP contribution in [0.25, 0.3) is 0 Å². The molecule has 4 unspecified atom stereocenters. The average molecular weight is 316 g/mol. The summed E-state index contributed by atoms with van der Waals surface area (Å²) in [7, 11) is -0.0260. The Hall–Kier alpha value is -0.940. The van der Waals surface area contributed by atoms with Gasteiger partial charge in [-0.3, -0.25) is 4.90 Å². The minimum absolute atomic E-state index is 0.0245. The van der Waals surface area contributed by atoms with Crippen LogP contribution >= 0.6 is 9.03 Å². The fourth-order valence-corrected chi connectivity index (χ4v) is 2.62. The fourth-order valence-electron chi connectivity index (χ4n) is 1.97. The zero-order valence-corrected chi connectivity index (χ0v) is 13.8. The van der Waals surface area contributed by atoms with Crippen LogP contribution in [-0.2, 0) is 9.05 Å². The number of carbonyl (C=O) groups is 1. The highest BCUT2D eigenvalue weighted by atomic mass is 31.1. The molecule has 7 heteroatoms. The summed E-state index contributed by atoms with van der Waals surface area (Å²) in [6.07, 6.45) is 4.04. The van der Waals surface area contributed by atoms with Crippen molar-refractivity contribution in [3.63, 3.8) is 0 Å². The topological polar surface area (TPSA) is 71.0 Å². The zero-order chi connectivity index (χ0) is 15.8. The van der Waals surface area contributed by atoms with Gasteiger partial charge in [-0.25, -0.2) is 4.79 Å². The highest BCUT2D eigenvalue weighted by Gasteiger charge is 2.27. The standard InChI is InChI=1S/C14H25N2O4P/c1-5-7-19-21-20-12(6-2)8-11(4)16-9-10(3)13(17)15-14(16)18/h5,9,11-13,17,21H,1,6-8H2,2-4H3,(H,15,18). The normalized spacial score (nSPS) is 22.1. The molecule has 0 aliphatic carbocycles. The Labute approximate surface area is 128 Å². The Morgan fingerprint density at radius 3 is 3.00 bits per heavy atom. The maximum atomic E-state index is 11.9. The van der Waals surface area contributed by atoms with Crippen LogP contribution in [0.15, 0.2) is 24.4 Å². The van der Waals surface area contributed by atoms with E-state index in [-0.39, 0.29) is 27.2 Å². The molecule has 1 aliphatic heterocycles. The molecule has 0 aromatic heterocycles. The molecule has 0 bridgehead atoms. The summed E-state index contributed by atoms with van der Waals surface area (Å²) in [5.41, 5.74) is 0.714. The minimum atomic E-state index is -0.895. The molecule has 1 heterocycles. The lowest BCUT2D eigenvalue weighted by Crippen LogP contribution is -2.51. The Kier molecular flexibility index (Phi) is 7.89. The first kappa shape index (κ1) is 18.1. The van der Waals surface area contributed by atoms with Gasteiger partial charge in [-0.15, -0.1) is 6.58 Å². The Morgan fingerprint density at radius 1 is 1.67 bits per heavy atom. The van der Waals surface area contributed by atoms with E-state index in [4.69, 9.17) is 9.05 Å². The first-order valence-electron chi connectivity index (χ1n) is 7.08. The number of carbonyl (C=O) groups excluding carboxylic acids is 1. The molecule has 0 radical (unpaired) electrons. The third-order valence-electron chi connectivity index (χ3n) is 3.28. The summed E-state index contributed by atoms with van der Waals surface area (Å²) in [6, 6.07) is -0.317. The maximum absolute atomic E-state index is 11.9. The van der Waals surface area contributed by atoms with Crippen molar-refractivity contribution >= 4 is 15.1 Å². The van der Waals surface area contributed by atoms with Crippen molar-refractivity contribution in [3.05, 3.63) is 24.4 Å². The van der Waals surface area contributed by atoms with E-state index < -0.39 is 6.23 Å². The van der Waals surface area contributed by atoms with Gasteiger partial charge in [-0.2, -0.15) is 0 Å². The Morgan fingerprint density at radius 2 is 2.38 bits per heavy atom. The molecule has 0 fully saturated rings. The quantitative estimate of drug-likeness (QED) is 0.389. The van der Waals surface area contributed by atoms with E-state index in [9.17, 15) is 9.90 Å². The van der Waals surface area contributed by atoms with Crippen LogP contribution in [0.5, 0.6) is 0 Å². The number of aliphatic hydroxyl groups is 1. The molecule has 0 spiro atoms. The highest BCUT2D eigenvalue weighted by molar-refractivity contribution is 7.26. The third kappa shape index (κ3) is 5.75. The second-order valence-corrected chi connectivity index (χ2v) is 5.74. The molecule has 0 saturated carbocycles. The van der Waals surface area contributed by atoms with Crippen molar-refractivity contribution in [1.82, 2.24) is 10.2 Å². The van der Waals surface area contributed by atoms with Crippen molar-refractivity contribution in [1.29, 1.82) is 0 Å². The summed E-state index contributed by atoms with van der Waals surface area (Å²) in [6.45, 7) is 9.82. The number of aliphatic hydroxyl groups excluding tert-OH is 1. The molecule has 6 nitrogen and oxygen atoms in total. The summed E-state index contributed by atoms with van der Waals surface area (Å²) >= 11 is 0. The first-order valence-corrected chi connectivity index (χ1v) is 7.89. The predicted molar refractivity (Wildman–Crippen MR) is 83.8 cm³/mol. The molecule has 120 valence electrons. The van der Waals surface area contributed by atoms with Crippen molar-refractivity contribution in [2.45, 2.75) is 52.0 Å². The first-order chi connectivity index (χ1) is 9.99. The number of nitrogens with one attached hydrogen (secondary N) is 1. The van der Waals surface area contributed by atoms with Crippen LogP contribution in [0.1, 0.15) is 33.6 Å². The number of rotatable bonds is 9. The van der Waals surface area contributed by atoms with E-state index in [1.165, 1.54) is 0 Å². The number of hydrogen-bond acceptors (Lipinski definition) is 4. The van der Waals surface area contributed by atoms with Crippen LogP contribution in [0.3, 0.4) is 0 Å². The summed E-state index contributed by atoms with van der Waals surface area (Å²) in [5.74, 6) is 0. The number of hydrogen-bond donors (Lipinski definition) is 2. The van der Waals surface area contributed by atoms with Crippen molar-refractivity contribution in [2.75, 3.05) is 6.61 Å². The molecule has 0 saturated heterocycles. The molecule has 2 amide bonds. The largest absolute Gasteiger partial charge is 0.370 e. The molecule has 0 aromatic carbocycles. The van der Waals surface area contributed by atoms with Gasteiger partial charge in [-0.1, -0.05) is 13.0 Å². The van der Waals surface area contributed by atoms with Gasteiger partial charge in [0.25, 0.3) is 0 Å². The van der Waals surface area contributed by atoms with Crippen molar-refractivity contribution in [2.24, 2.45) is 0 Å². The molecule has 21 heavy (non-hydrogen) atoms. The maximum Gasteiger partial charge on any atom is 0.323 e. The van der Waals surface area contributed by atoms with Gasteiger partial charge in [0, 0.05) is 12.2 Å². The molecular formula is C14H25N2O4P. The van der Waals surface area contributed by atoms with E-state index in [1.54, 1.807) is 24.1 Å². The van der Waals surface area contributed by atoms with Gasteiger partial charge in [0.2, 0.25) is 0 Å². The summed E-state index contributed by atoms with van der Waals surface area (Å²) in [4.78, 5) is 13.5. The fraction of sp³-hybridized carbons (Fsp3) is 0.643. The number of amides is 2. The van der Waals surface area contributed by atoms with Crippen LogP contribution in [0.2, 0.25) is 0 Å². The van der Waals surface area contributed by atoms with E-state index >= 15 is 0 Å². The van der Waals surface area contributed by atoms with Crippen molar-refractivity contribution in [3.8, 4) is 0 Å². The van der Waals surface area contributed by atoms with Crippen LogP contribution in [0.4, 0.5) is 4.79 Å². The van der Waals surface area contributed by atoms with Crippen LogP contribution < -0.4 is 5.32 Å². The summed E-state index contributed by atoms with van der Waals surface area (Å²) < 4.78 is 10.9. The Balaban J connectivity index is 2.51. The smallest absolute Gasteiger partial charge is 0.323 e. The minimum Gasteiger partial charge on any atom is -0.370 e. The molecule has 1 aliphatic rings. The van der Waals surface area contributed by atoms with Gasteiger partial charge in [0.05, 0.1) is 12.7 Å². The molecule has 2 N–H and O–H groups in total. The van der Waals surface area contributed by atoms with Crippen LogP contribution in [-0.4, -0.2) is 41.0 Å². The highest BCUT2D eigenvalue weighted by Crippen LogP contribution is 2.24. The second-order valence-electron chi connectivity index (χ2n) is 5.05. The van der Waals surface area contributed by atoms with Crippen LogP contribution in [0, 0.1) is 0 Å². The number of nitrogens with zero attached hydrogens (tertiary/aromatic N) is 1. The lowest BCUT2D eigenvalue weighted by atomic mass is 10.1. The van der Waals surface area contributed by atoms with Gasteiger partial charge in [-0.05, 0) is 32.3 Å². The van der Waals surface area contributed by atoms with E-state index in [0.717, 1.165) is 6.42 Å². The lowest BCUT2D eigenvalue weighted by molar-refractivity contribution is 0.119. The van der Waals surface area contributed by atoms with Gasteiger partial charge in [0.1, 0.15) is 0 Å². The van der Waals surface area contributed by atoms with Crippen molar-refractivity contribution < 1.29 is 18.9 Å². The molecule has 4 atom stereocenters. The SMILES string of the molecule is C=CCOPOC(CC)CC(C)N1C=C(C)C(O)NC1=O. The third-order valence-corrected chi connectivity index (χ3v) is 3.99. The summed E-state index contributed by atoms with van der Waals surface area (Å²) in [5, 5.41) is 12.1. The average Bonchev–Trinajstić information content (AvgIpc) is 2.45. The van der Waals surface area contributed by atoms with E-state index in [1.807, 2.05) is 13.8 Å². The van der Waals surface area contributed by atoms with Gasteiger partial charge in [0.15, 0.2) is 15.3 Å². The van der Waals surface area contributed by atoms with Gasteiger partial charge < -0.3 is 19.5 Å². The second kappa shape index (κ2) is 9.15. The molecular weight excluding hydrogens is 291 g/mol. The molecule has 1 rings (SSSR count). The van der Waals surface area contributed by atoms with E-state index in [2.05, 4.69) is 11.9 Å². The van der Waals surface area contributed by atoms with E-state index in [0.29, 0.717) is 18.6 Å². The monoisotopic (exact) mass is 316 g/mol. The lowest BCUT2D eigenvalue weighted by Gasteiger charge is -2.33. The Bertz CT molecular complexity index is 389. The molecule has 0 aromatic rings. The predicted octanol–water partition coefficient (Wildman–Crippen LogP) is 2.52. The number of urea groups is 1. The van der Waals surface area contributed by atoms with Gasteiger partial charge >= 0.3 is 6.03 Å².